The van der Waals surface area contributed by atoms with Gasteiger partial charge in [-0.25, -0.2) is 8.42 Å². The molecule has 1 atom stereocenters. The summed E-state index contributed by atoms with van der Waals surface area (Å²) in [5.74, 6) is 0.361. The van der Waals surface area contributed by atoms with Crippen LogP contribution in [0.4, 0.5) is 5.69 Å². The van der Waals surface area contributed by atoms with Crippen molar-refractivity contribution in [3.05, 3.63) is 90.0 Å². The Morgan fingerprint density at radius 1 is 0.971 bits per heavy atom. The lowest BCUT2D eigenvalue weighted by molar-refractivity contribution is 0.0938. The van der Waals surface area contributed by atoms with Gasteiger partial charge in [-0.05, 0) is 80.9 Å². The van der Waals surface area contributed by atoms with Crippen molar-refractivity contribution in [1.29, 1.82) is 0 Å². The van der Waals surface area contributed by atoms with Gasteiger partial charge in [-0.1, -0.05) is 36.4 Å². The van der Waals surface area contributed by atoms with Gasteiger partial charge >= 0.3 is 0 Å². The molecule has 3 aromatic carbocycles. The van der Waals surface area contributed by atoms with Crippen molar-refractivity contribution in [2.75, 3.05) is 31.0 Å². The first-order valence-electron chi connectivity index (χ1n) is 11.9. The number of hydrogen-bond acceptors (Lipinski definition) is 5. The Bertz CT molecular complexity index is 1220. The average Bonchev–Trinajstić information content (AvgIpc) is 3.40. The molecule has 1 fully saturated rings. The summed E-state index contributed by atoms with van der Waals surface area (Å²) >= 11 is 0. The molecule has 7 nitrogen and oxygen atoms in total. The van der Waals surface area contributed by atoms with Crippen molar-refractivity contribution in [2.45, 2.75) is 30.7 Å². The lowest BCUT2D eigenvalue weighted by atomic mass is 10.1. The van der Waals surface area contributed by atoms with Crippen LogP contribution in [0.3, 0.4) is 0 Å². The summed E-state index contributed by atoms with van der Waals surface area (Å²) in [6.45, 7) is 4.87. The number of hydrogen-bond donors (Lipinski definition) is 2. The van der Waals surface area contributed by atoms with E-state index in [1.54, 1.807) is 36.4 Å². The number of carbonyl (C=O) groups excluding carboxylic acids is 1. The number of benzene rings is 3. The smallest absolute Gasteiger partial charge is 0.261 e. The maximum absolute atomic E-state index is 13.0. The number of carbonyl (C=O) groups is 1. The summed E-state index contributed by atoms with van der Waals surface area (Å²) < 4.78 is 33.6. The van der Waals surface area contributed by atoms with Gasteiger partial charge in [0.25, 0.3) is 15.9 Å². The van der Waals surface area contributed by atoms with Crippen LogP contribution < -0.4 is 14.8 Å². The molecule has 2 N–H and O–H groups in total. The summed E-state index contributed by atoms with van der Waals surface area (Å²) in [5.41, 5.74) is 1.89. The Labute approximate surface area is 207 Å². The van der Waals surface area contributed by atoms with Gasteiger partial charge in [0.1, 0.15) is 5.75 Å². The first kappa shape index (κ1) is 24.8. The van der Waals surface area contributed by atoms with Crippen molar-refractivity contribution < 1.29 is 17.9 Å². The molecule has 0 aliphatic carbocycles. The number of nitrogens with zero attached hydrogens (tertiary/aromatic N) is 1. The highest BCUT2D eigenvalue weighted by atomic mass is 32.2. The van der Waals surface area contributed by atoms with E-state index in [4.69, 9.17) is 4.74 Å². The number of sulfonamides is 1. The maximum Gasteiger partial charge on any atom is 0.261 e. The highest BCUT2D eigenvalue weighted by molar-refractivity contribution is 7.92. The summed E-state index contributed by atoms with van der Waals surface area (Å²) in [4.78, 5) is 15.5. The third-order valence-electron chi connectivity index (χ3n) is 6.04. The van der Waals surface area contributed by atoms with Crippen LogP contribution in [0.25, 0.3) is 0 Å². The molecule has 1 saturated heterocycles. The summed E-state index contributed by atoms with van der Waals surface area (Å²) in [5, 5.41) is 3.04. The van der Waals surface area contributed by atoms with Gasteiger partial charge in [0.05, 0.1) is 17.5 Å². The lowest BCUT2D eigenvalue weighted by Crippen LogP contribution is -2.36. The van der Waals surface area contributed by atoms with E-state index in [0.717, 1.165) is 25.9 Å². The topological polar surface area (TPSA) is 87.7 Å². The van der Waals surface area contributed by atoms with Crippen LogP contribution in [-0.2, 0) is 10.0 Å². The fourth-order valence-corrected chi connectivity index (χ4v) is 5.35. The quantitative estimate of drug-likeness (QED) is 0.436. The zero-order chi connectivity index (χ0) is 24.7. The molecule has 0 unspecified atom stereocenters. The zero-order valence-corrected chi connectivity index (χ0v) is 20.6. The van der Waals surface area contributed by atoms with Crippen LogP contribution in [0, 0.1) is 0 Å². The molecule has 1 heterocycles. The maximum atomic E-state index is 13.0. The number of ether oxygens (including phenoxy) is 1. The van der Waals surface area contributed by atoms with E-state index in [2.05, 4.69) is 27.1 Å². The number of rotatable bonds is 10. The predicted molar refractivity (Wildman–Crippen MR) is 137 cm³/mol. The number of anilines is 1. The van der Waals surface area contributed by atoms with E-state index in [-0.39, 0.29) is 16.8 Å². The second kappa shape index (κ2) is 11.4. The molecule has 1 aliphatic heterocycles. The van der Waals surface area contributed by atoms with E-state index in [1.165, 1.54) is 17.7 Å². The second-order valence-electron chi connectivity index (χ2n) is 8.47. The van der Waals surface area contributed by atoms with E-state index < -0.39 is 10.0 Å². The average molecular weight is 494 g/mol. The normalized spacial score (nSPS) is 14.9. The van der Waals surface area contributed by atoms with Gasteiger partial charge in [0.2, 0.25) is 0 Å². The van der Waals surface area contributed by atoms with Gasteiger partial charge in [-0.3, -0.25) is 14.4 Å². The number of likely N-dealkylation sites (tertiary alicyclic amines) is 1. The van der Waals surface area contributed by atoms with Crippen molar-refractivity contribution in [2.24, 2.45) is 0 Å². The largest absolute Gasteiger partial charge is 0.494 e. The molecule has 0 bridgehead atoms. The van der Waals surface area contributed by atoms with E-state index in [9.17, 15) is 13.2 Å². The monoisotopic (exact) mass is 493 g/mol. The fraction of sp³-hybridized carbons (Fsp3) is 0.296. The van der Waals surface area contributed by atoms with Crippen molar-refractivity contribution in [3.63, 3.8) is 0 Å². The third-order valence-corrected chi connectivity index (χ3v) is 7.44. The Hall–Kier alpha value is -3.36. The molecule has 3 aromatic rings. The molecule has 0 saturated carbocycles. The highest BCUT2D eigenvalue weighted by Crippen LogP contribution is 2.25. The molecule has 0 aromatic heterocycles. The van der Waals surface area contributed by atoms with E-state index >= 15 is 0 Å². The summed E-state index contributed by atoms with van der Waals surface area (Å²) in [6, 6.07) is 23.0. The fourth-order valence-electron chi connectivity index (χ4n) is 4.30. The first-order valence-corrected chi connectivity index (χ1v) is 13.4. The minimum atomic E-state index is -3.80. The van der Waals surface area contributed by atoms with Crippen LogP contribution in [0.5, 0.6) is 5.75 Å². The first-order chi connectivity index (χ1) is 17.0. The van der Waals surface area contributed by atoms with E-state index in [0.29, 0.717) is 30.2 Å². The molecule has 0 spiro atoms. The molecule has 1 aliphatic rings. The molecule has 4 rings (SSSR count). The van der Waals surface area contributed by atoms with Gasteiger partial charge < -0.3 is 10.1 Å². The van der Waals surface area contributed by atoms with Crippen molar-refractivity contribution in [3.8, 4) is 5.75 Å². The standard InChI is InChI=1S/C27H31N3O4S/c1-2-34-24-13-15-25(16-14-24)35(32,33)29-23-12-8-11-22(19-23)27(31)28-20-26(30-17-6-7-18-30)21-9-4-3-5-10-21/h3-5,8-16,19,26,29H,2,6-7,17-18,20H2,1H3,(H,28,31)/t26-/m0/s1. The van der Waals surface area contributed by atoms with Crippen molar-refractivity contribution >= 4 is 21.6 Å². The van der Waals surface area contributed by atoms with Gasteiger partial charge in [0.15, 0.2) is 0 Å². The van der Waals surface area contributed by atoms with Crippen molar-refractivity contribution in [1.82, 2.24) is 10.2 Å². The molecule has 35 heavy (non-hydrogen) atoms. The Morgan fingerprint density at radius 3 is 2.37 bits per heavy atom. The Kier molecular flexibility index (Phi) is 8.05. The molecule has 8 heteroatoms. The van der Waals surface area contributed by atoms with Crippen LogP contribution in [-0.4, -0.2) is 45.5 Å². The molecule has 0 radical (unpaired) electrons. The van der Waals surface area contributed by atoms with E-state index in [1.807, 2.05) is 25.1 Å². The number of amides is 1. The molecule has 184 valence electrons. The SMILES string of the molecule is CCOc1ccc(S(=O)(=O)Nc2cccc(C(=O)NC[C@@H](c3ccccc3)N3CCCC3)c2)cc1. The highest BCUT2D eigenvalue weighted by Gasteiger charge is 2.24. The molecular formula is C27H31N3O4S. The molecule has 1 amide bonds. The minimum Gasteiger partial charge on any atom is -0.494 e. The van der Waals surface area contributed by atoms with Gasteiger partial charge in [-0.2, -0.15) is 0 Å². The number of nitrogens with one attached hydrogen (secondary N) is 2. The Balaban J connectivity index is 1.43. The Morgan fingerprint density at radius 2 is 1.69 bits per heavy atom. The van der Waals surface area contributed by atoms with Gasteiger partial charge in [0, 0.05) is 17.8 Å². The predicted octanol–water partition coefficient (Wildman–Crippen LogP) is 4.45. The van der Waals surface area contributed by atoms with Gasteiger partial charge in [-0.15, -0.1) is 0 Å². The zero-order valence-electron chi connectivity index (χ0n) is 19.8. The molecular weight excluding hydrogens is 462 g/mol. The van der Waals surface area contributed by atoms with Crippen LogP contribution in [0.1, 0.15) is 41.7 Å². The minimum absolute atomic E-state index is 0.101. The van der Waals surface area contributed by atoms with Crippen LogP contribution in [0.15, 0.2) is 83.8 Å². The third kappa shape index (κ3) is 6.41. The summed E-state index contributed by atoms with van der Waals surface area (Å²) in [6.07, 6.45) is 2.32. The van der Waals surface area contributed by atoms with Crippen LogP contribution >= 0.6 is 0 Å². The lowest BCUT2D eigenvalue weighted by Gasteiger charge is -2.28. The summed E-state index contributed by atoms with van der Waals surface area (Å²) in [7, 11) is -3.80. The van der Waals surface area contributed by atoms with Crippen LogP contribution in [0.2, 0.25) is 0 Å². The second-order valence-corrected chi connectivity index (χ2v) is 10.2.